The van der Waals surface area contributed by atoms with Gasteiger partial charge in [0.05, 0.1) is 0 Å². The summed E-state index contributed by atoms with van der Waals surface area (Å²) in [5, 5.41) is -0.988. The van der Waals surface area contributed by atoms with E-state index in [9.17, 15) is 4.79 Å². The Balaban J connectivity index is 2.46. The second-order valence-corrected chi connectivity index (χ2v) is 2.85. The van der Waals surface area contributed by atoms with E-state index in [4.69, 9.17) is 16.3 Å². The van der Waals surface area contributed by atoms with Crippen molar-refractivity contribution in [1.82, 2.24) is 0 Å². The lowest BCUT2D eigenvalue weighted by Crippen LogP contribution is -2.31. The molecule has 1 atom stereocenters. The van der Waals surface area contributed by atoms with Gasteiger partial charge in [-0.3, -0.25) is 4.79 Å². The molecular formula is C6H9ClO2. The molecule has 0 amide bonds. The highest BCUT2D eigenvalue weighted by Gasteiger charge is 2.29. The van der Waals surface area contributed by atoms with Gasteiger partial charge in [-0.15, -0.1) is 0 Å². The Kier molecular flexibility index (Phi) is 2.09. The Labute approximate surface area is 59.1 Å². The van der Waals surface area contributed by atoms with Crippen molar-refractivity contribution in [2.24, 2.45) is 0 Å². The molecule has 1 aliphatic heterocycles. The zero-order valence-electron chi connectivity index (χ0n) is 5.10. The number of alkyl halides is 1. The third-order valence-electron chi connectivity index (χ3n) is 1.43. The molecule has 0 spiro atoms. The average molecular weight is 149 g/mol. The topological polar surface area (TPSA) is 26.3 Å². The summed E-state index contributed by atoms with van der Waals surface area (Å²) in [5.74, 6) is 0. The highest BCUT2D eigenvalue weighted by Crippen LogP contribution is 2.26. The summed E-state index contributed by atoms with van der Waals surface area (Å²) in [7, 11) is 0. The molecule has 0 aromatic carbocycles. The maximum absolute atomic E-state index is 10.2. The van der Waals surface area contributed by atoms with Crippen LogP contribution in [0.1, 0.15) is 19.3 Å². The summed E-state index contributed by atoms with van der Waals surface area (Å²) >= 11 is 5.67. The van der Waals surface area contributed by atoms with Gasteiger partial charge in [-0.2, -0.15) is 0 Å². The normalized spacial score (nSPS) is 36.1. The summed E-state index contributed by atoms with van der Waals surface area (Å²) in [4.78, 5) is 10.2. The van der Waals surface area contributed by atoms with Crippen molar-refractivity contribution in [3.8, 4) is 0 Å². The molecule has 1 fully saturated rings. The fourth-order valence-electron chi connectivity index (χ4n) is 0.875. The van der Waals surface area contributed by atoms with Crippen LogP contribution in [-0.4, -0.2) is 18.0 Å². The van der Waals surface area contributed by atoms with Crippen LogP contribution >= 0.6 is 11.6 Å². The Bertz CT molecular complexity index is 108. The van der Waals surface area contributed by atoms with Crippen LogP contribution in [0.3, 0.4) is 0 Å². The molecule has 1 unspecified atom stereocenters. The van der Waals surface area contributed by atoms with Crippen molar-refractivity contribution in [2.45, 2.75) is 24.3 Å². The quantitative estimate of drug-likeness (QED) is 0.414. The van der Waals surface area contributed by atoms with Crippen molar-refractivity contribution in [1.29, 1.82) is 0 Å². The Morgan fingerprint density at radius 3 is 2.67 bits per heavy atom. The van der Waals surface area contributed by atoms with E-state index in [1.54, 1.807) is 0 Å². The van der Waals surface area contributed by atoms with Crippen LogP contribution in [0.25, 0.3) is 0 Å². The van der Waals surface area contributed by atoms with E-state index in [1.165, 1.54) is 0 Å². The van der Waals surface area contributed by atoms with Crippen LogP contribution in [0.5, 0.6) is 0 Å². The molecule has 0 aromatic rings. The lowest BCUT2D eigenvalue weighted by Gasteiger charge is -2.25. The first kappa shape index (κ1) is 7.03. The van der Waals surface area contributed by atoms with Gasteiger partial charge >= 0.3 is 0 Å². The summed E-state index contributed by atoms with van der Waals surface area (Å²) < 4.78 is 5.01. The third-order valence-corrected chi connectivity index (χ3v) is 1.82. The zero-order valence-corrected chi connectivity index (χ0v) is 5.86. The Hall–Kier alpha value is -0.0800. The minimum Gasteiger partial charge on any atom is -0.353 e. The van der Waals surface area contributed by atoms with Crippen molar-refractivity contribution in [3.63, 3.8) is 0 Å². The van der Waals surface area contributed by atoms with Crippen LogP contribution in [0, 0.1) is 0 Å². The molecule has 1 aliphatic rings. The van der Waals surface area contributed by atoms with E-state index in [1.807, 2.05) is 0 Å². The Morgan fingerprint density at radius 1 is 1.56 bits per heavy atom. The second-order valence-electron chi connectivity index (χ2n) is 2.21. The summed E-state index contributed by atoms with van der Waals surface area (Å²) in [5.41, 5.74) is 0. The van der Waals surface area contributed by atoms with Gasteiger partial charge < -0.3 is 4.74 Å². The number of hydrogen-bond donors (Lipinski definition) is 0. The van der Waals surface area contributed by atoms with E-state index in [-0.39, 0.29) is 0 Å². The number of rotatable bonds is 1. The van der Waals surface area contributed by atoms with Gasteiger partial charge in [-0.25, -0.2) is 0 Å². The van der Waals surface area contributed by atoms with E-state index in [0.29, 0.717) is 19.3 Å². The highest BCUT2D eigenvalue weighted by molar-refractivity contribution is 6.30. The monoisotopic (exact) mass is 148 g/mol. The molecule has 0 saturated carbocycles. The van der Waals surface area contributed by atoms with Crippen LogP contribution in [0.4, 0.5) is 0 Å². The molecule has 1 heterocycles. The molecule has 1 saturated heterocycles. The van der Waals surface area contributed by atoms with Gasteiger partial charge in [0.25, 0.3) is 0 Å². The predicted octanol–water partition coefficient (Wildman–Crippen LogP) is 1.32. The zero-order chi connectivity index (χ0) is 6.74. The van der Waals surface area contributed by atoms with Crippen molar-refractivity contribution >= 4 is 17.9 Å². The van der Waals surface area contributed by atoms with Crippen molar-refractivity contribution in [2.75, 3.05) is 6.61 Å². The summed E-state index contributed by atoms with van der Waals surface area (Å²) in [6, 6.07) is 0. The fraction of sp³-hybridized carbons (Fsp3) is 0.833. The molecule has 2 nitrogen and oxygen atoms in total. The van der Waals surface area contributed by atoms with E-state index >= 15 is 0 Å². The summed E-state index contributed by atoms with van der Waals surface area (Å²) in [6.45, 7) is 0.613. The van der Waals surface area contributed by atoms with Gasteiger partial charge in [-0.05, 0) is 19.3 Å². The van der Waals surface area contributed by atoms with Crippen LogP contribution in [0.2, 0.25) is 0 Å². The fourth-order valence-corrected chi connectivity index (χ4v) is 1.09. The molecular weight excluding hydrogens is 140 g/mol. The number of ether oxygens (including phenoxy) is 1. The van der Waals surface area contributed by atoms with Crippen LogP contribution in [0.15, 0.2) is 0 Å². The molecule has 0 aliphatic carbocycles. The number of aldehydes is 1. The first-order valence-electron chi connectivity index (χ1n) is 3.06. The summed E-state index contributed by atoms with van der Waals surface area (Å²) in [6.07, 6.45) is 3.33. The number of carbonyl (C=O) groups excluding carboxylic acids is 1. The van der Waals surface area contributed by atoms with Crippen LogP contribution in [-0.2, 0) is 9.53 Å². The lowest BCUT2D eigenvalue weighted by atomic mass is 10.1. The van der Waals surface area contributed by atoms with Gasteiger partial charge in [0.2, 0.25) is 0 Å². The van der Waals surface area contributed by atoms with Gasteiger partial charge in [-0.1, -0.05) is 11.6 Å². The standard InChI is InChI=1S/C6H9ClO2/c7-6(5-8)3-1-2-4-9-6/h5H,1-4H2. The molecule has 0 bridgehead atoms. The SMILES string of the molecule is O=CC1(Cl)CCCCO1. The molecule has 3 heteroatoms. The lowest BCUT2D eigenvalue weighted by molar-refractivity contribution is -0.125. The number of halogens is 1. The molecule has 1 rings (SSSR count). The van der Waals surface area contributed by atoms with Gasteiger partial charge in [0.15, 0.2) is 11.3 Å². The second kappa shape index (κ2) is 2.67. The van der Waals surface area contributed by atoms with E-state index in [2.05, 4.69) is 0 Å². The number of carbonyl (C=O) groups is 1. The molecule has 0 radical (unpaired) electrons. The molecule has 52 valence electrons. The predicted molar refractivity (Wildman–Crippen MR) is 34.5 cm³/mol. The highest BCUT2D eigenvalue weighted by atomic mass is 35.5. The smallest absolute Gasteiger partial charge is 0.197 e. The minimum absolute atomic E-state index is 0.613. The number of hydrogen-bond acceptors (Lipinski definition) is 2. The third kappa shape index (κ3) is 1.66. The van der Waals surface area contributed by atoms with Gasteiger partial charge in [0, 0.05) is 6.61 Å². The molecule has 0 aromatic heterocycles. The van der Waals surface area contributed by atoms with Crippen molar-refractivity contribution in [3.05, 3.63) is 0 Å². The molecule has 0 N–H and O–H groups in total. The maximum atomic E-state index is 10.2. The van der Waals surface area contributed by atoms with Crippen molar-refractivity contribution < 1.29 is 9.53 Å². The maximum Gasteiger partial charge on any atom is 0.197 e. The molecule has 9 heavy (non-hydrogen) atoms. The first-order valence-corrected chi connectivity index (χ1v) is 3.44. The minimum atomic E-state index is -0.988. The Morgan fingerprint density at radius 2 is 2.33 bits per heavy atom. The largest absolute Gasteiger partial charge is 0.353 e. The van der Waals surface area contributed by atoms with Gasteiger partial charge in [0.1, 0.15) is 0 Å². The first-order chi connectivity index (χ1) is 4.27. The van der Waals surface area contributed by atoms with E-state index in [0.717, 1.165) is 12.8 Å². The average Bonchev–Trinajstić information content (AvgIpc) is 1.90. The van der Waals surface area contributed by atoms with Crippen LogP contribution < -0.4 is 0 Å². The van der Waals surface area contributed by atoms with E-state index < -0.39 is 5.06 Å².